The highest BCUT2D eigenvalue weighted by Crippen LogP contribution is 2.40. The minimum absolute atomic E-state index is 0.0564. The summed E-state index contributed by atoms with van der Waals surface area (Å²) in [5, 5.41) is 8.53. The minimum atomic E-state index is -0.0951. The van der Waals surface area contributed by atoms with Crippen molar-refractivity contribution < 1.29 is 9.32 Å². The lowest BCUT2D eigenvalue weighted by molar-refractivity contribution is 0.0669. The second-order valence-corrected chi connectivity index (χ2v) is 9.11. The van der Waals surface area contributed by atoms with E-state index < -0.39 is 0 Å². The molecule has 2 fully saturated rings. The Balaban J connectivity index is 1.36. The third kappa shape index (κ3) is 4.03. The molecule has 0 unspecified atom stereocenters. The molecule has 4 rings (SSSR count). The number of likely N-dealkylation sites (tertiary alicyclic amines) is 1. The fraction of sp³-hybridized carbons (Fsp3) is 0.619. The lowest BCUT2D eigenvalue weighted by atomic mass is 9.92. The number of carbonyl (C=O) groups is 1. The number of carbonyl (C=O) groups excluding carboxylic acids is 1. The largest absolute Gasteiger partial charge is 0.360 e. The predicted octanol–water partition coefficient (Wildman–Crippen LogP) is 2.96. The van der Waals surface area contributed by atoms with Crippen LogP contribution in [0.25, 0.3) is 0 Å². The molecule has 1 aliphatic heterocycles. The smallest absolute Gasteiger partial charge is 0.276 e. The molecule has 7 nitrogen and oxygen atoms in total. The molecule has 150 valence electrons. The fourth-order valence-corrected chi connectivity index (χ4v) is 3.66. The Hall–Kier alpha value is -2.44. The Morgan fingerprint density at radius 3 is 2.54 bits per heavy atom. The van der Waals surface area contributed by atoms with E-state index in [1.807, 2.05) is 11.0 Å². The molecule has 1 saturated heterocycles. The summed E-state index contributed by atoms with van der Waals surface area (Å²) in [6, 6.07) is 5.22. The van der Waals surface area contributed by atoms with E-state index >= 15 is 0 Å². The van der Waals surface area contributed by atoms with Gasteiger partial charge in [0.25, 0.3) is 11.5 Å². The molecule has 28 heavy (non-hydrogen) atoms. The molecule has 1 aliphatic carbocycles. The lowest BCUT2D eigenvalue weighted by Gasteiger charge is -2.31. The van der Waals surface area contributed by atoms with Crippen molar-refractivity contribution in [3.63, 3.8) is 0 Å². The molecule has 2 aliphatic rings. The van der Waals surface area contributed by atoms with Crippen LogP contribution in [0.2, 0.25) is 0 Å². The van der Waals surface area contributed by atoms with E-state index in [4.69, 9.17) is 4.52 Å². The first-order valence-corrected chi connectivity index (χ1v) is 10.2. The zero-order chi connectivity index (χ0) is 19.9. The quantitative estimate of drug-likeness (QED) is 0.809. The summed E-state index contributed by atoms with van der Waals surface area (Å²) in [7, 11) is 0. The molecule has 2 aromatic heterocycles. The van der Waals surface area contributed by atoms with Crippen molar-refractivity contribution in [2.75, 3.05) is 13.1 Å². The van der Waals surface area contributed by atoms with Crippen LogP contribution in [0.1, 0.15) is 74.3 Å². The molecule has 0 aromatic carbocycles. The zero-order valence-electron chi connectivity index (χ0n) is 16.9. The van der Waals surface area contributed by atoms with Gasteiger partial charge < -0.3 is 9.42 Å². The van der Waals surface area contributed by atoms with Crippen molar-refractivity contribution in [2.24, 2.45) is 5.92 Å². The molecular weight excluding hydrogens is 356 g/mol. The molecule has 0 radical (unpaired) electrons. The average molecular weight is 384 g/mol. The van der Waals surface area contributed by atoms with Gasteiger partial charge in [-0.15, -0.1) is 0 Å². The van der Waals surface area contributed by atoms with Crippen molar-refractivity contribution in [1.82, 2.24) is 19.8 Å². The molecule has 1 amide bonds. The van der Waals surface area contributed by atoms with Crippen molar-refractivity contribution in [3.8, 4) is 0 Å². The number of piperidine rings is 1. The Morgan fingerprint density at radius 2 is 1.89 bits per heavy atom. The summed E-state index contributed by atoms with van der Waals surface area (Å²) in [6.45, 7) is 8.21. The zero-order valence-corrected chi connectivity index (χ0v) is 16.9. The molecule has 0 N–H and O–H groups in total. The van der Waals surface area contributed by atoms with Crippen molar-refractivity contribution in [3.05, 3.63) is 45.7 Å². The molecule has 0 bridgehead atoms. The second-order valence-electron chi connectivity index (χ2n) is 9.11. The van der Waals surface area contributed by atoms with E-state index in [-0.39, 0.29) is 16.9 Å². The highest BCUT2D eigenvalue weighted by atomic mass is 16.5. The van der Waals surface area contributed by atoms with Crippen LogP contribution in [0.4, 0.5) is 0 Å². The summed E-state index contributed by atoms with van der Waals surface area (Å²) in [6.07, 6.45) is 3.95. The number of amides is 1. The number of hydrogen-bond acceptors (Lipinski definition) is 5. The van der Waals surface area contributed by atoms with E-state index in [1.54, 1.807) is 16.8 Å². The molecule has 0 spiro atoms. The summed E-state index contributed by atoms with van der Waals surface area (Å²) >= 11 is 0. The first kappa shape index (κ1) is 18.9. The molecule has 0 atom stereocenters. The fourth-order valence-electron chi connectivity index (χ4n) is 3.66. The number of aromatic nitrogens is 3. The van der Waals surface area contributed by atoms with Crippen LogP contribution in [0, 0.1) is 5.92 Å². The Labute approximate surface area is 164 Å². The number of nitrogens with zero attached hydrogens (tertiary/aromatic N) is 4. The van der Waals surface area contributed by atoms with Crippen molar-refractivity contribution in [2.45, 2.75) is 64.3 Å². The summed E-state index contributed by atoms with van der Waals surface area (Å²) in [5.74, 6) is 1.57. The maximum absolute atomic E-state index is 12.7. The van der Waals surface area contributed by atoms with E-state index in [1.165, 1.54) is 0 Å². The van der Waals surface area contributed by atoms with Gasteiger partial charge in [0.1, 0.15) is 5.76 Å². The van der Waals surface area contributed by atoms with E-state index in [2.05, 4.69) is 31.0 Å². The first-order chi connectivity index (χ1) is 13.3. The third-order valence-electron chi connectivity index (χ3n) is 5.70. The second kappa shape index (κ2) is 7.18. The summed E-state index contributed by atoms with van der Waals surface area (Å²) < 4.78 is 6.89. The van der Waals surface area contributed by atoms with Gasteiger partial charge in [-0.1, -0.05) is 25.9 Å². The molecule has 7 heteroatoms. The molecule has 1 saturated carbocycles. The van der Waals surface area contributed by atoms with Gasteiger partial charge in [0.15, 0.2) is 5.69 Å². The van der Waals surface area contributed by atoms with Crippen LogP contribution < -0.4 is 5.56 Å². The Bertz CT molecular complexity index is 912. The molecule has 3 heterocycles. The van der Waals surface area contributed by atoms with Crippen LogP contribution in [0.3, 0.4) is 0 Å². The first-order valence-electron chi connectivity index (χ1n) is 10.2. The summed E-state index contributed by atoms with van der Waals surface area (Å²) in [5.41, 5.74) is 1.16. The van der Waals surface area contributed by atoms with Crippen LogP contribution in [-0.4, -0.2) is 38.8 Å². The van der Waals surface area contributed by atoms with Crippen LogP contribution in [-0.2, 0) is 12.0 Å². The monoisotopic (exact) mass is 384 g/mol. The Kier molecular flexibility index (Phi) is 4.85. The maximum Gasteiger partial charge on any atom is 0.276 e. The van der Waals surface area contributed by atoms with E-state index in [0.29, 0.717) is 37.2 Å². The van der Waals surface area contributed by atoms with Gasteiger partial charge in [0.2, 0.25) is 0 Å². The van der Waals surface area contributed by atoms with Gasteiger partial charge in [-0.25, -0.2) is 4.68 Å². The van der Waals surface area contributed by atoms with Crippen molar-refractivity contribution >= 4 is 5.91 Å². The highest BCUT2D eigenvalue weighted by Gasteiger charge is 2.31. The summed E-state index contributed by atoms with van der Waals surface area (Å²) in [4.78, 5) is 26.7. The predicted molar refractivity (Wildman–Crippen MR) is 104 cm³/mol. The standard InChI is InChI=1S/C21H28N4O3/c1-21(2,3)18-6-7-19(26)25(22-18)13-14-8-10-24(11-9-14)20(27)16-12-17(28-23-16)15-4-5-15/h6-7,12,14-15H,4-5,8-11,13H2,1-3H3. The van der Waals surface area contributed by atoms with Gasteiger partial charge in [-0.05, 0) is 37.7 Å². The maximum atomic E-state index is 12.7. The normalized spacial score (nSPS) is 18.5. The van der Waals surface area contributed by atoms with Crippen molar-refractivity contribution in [1.29, 1.82) is 0 Å². The van der Waals surface area contributed by atoms with E-state index in [9.17, 15) is 9.59 Å². The van der Waals surface area contributed by atoms with Gasteiger partial charge in [0.05, 0.1) is 5.69 Å². The average Bonchev–Trinajstić information content (AvgIpc) is 3.39. The van der Waals surface area contributed by atoms with Crippen LogP contribution in [0.5, 0.6) is 0 Å². The SMILES string of the molecule is CC(C)(C)c1ccc(=O)n(CC2CCN(C(=O)c3cc(C4CC4)on3)CC2)n1. The van der Waals surface area contributed by atoms with Gasteiger partial charge >= 0.3 is 0 Å². The molecule has 2 aromatic rings. The minimum Gasteiger partial charge on any atom is -0.360 e. The molecular formula is C21H28N4O3. The van der Waals surface area contributed by atoms with Gasteiger partial charge in [0, 0.05) is 43.1 Å². The topological polar surface area (TPSA) is 81.2 Å². The van der Waals surface area contributed by atoms with Gasteiger partial charge in [-0.3, -0.25) is 9.59 Å². The highest BCUT2D eigenvalue weighted by molar-refractivity contribution is 5.92. The van der Waals surface area contributed by atoms with Crippen LogP contribution >= 0.6 is 0 Å². The van der Waals surface area contributed by atoms with Gasteiger partial charge in [-0.2, -0.15) is 5.10 Å². The van der Waals surface area contributed by atoms with E-state index in [0.717, 1.165) is 37.1 Å². The number of rotatable bonds is 4. The number of hydrogen-bond donors (Lipinski definition) is 0. The van der Waals surface area contributed by atoms with Crippen LogP contribution in [0.15, 0.2) is 27.5 Å². The Morgan fingerprint density at radius 1 is 1.18 bits per heavy atom. The third-order valence-corrected chi connectivity index (χ3v) is 5.70. The lowest BCUT2D eigenvalue weighted by Crippen LogP contribution is -2.40.